The smallest absolute Gasteiger partial charge is 0.273 e. The zero-order valence-electron chi connectivity index (χ0n) is 15.0. The maximum Gasteiger partial charge on any atom is 0.273 e. The minimum absolute atomic E-state index is 0.0136. The van der Waals surface area contributed by atoms with Gasteiger partial charge in [-0.25, -0.2) is 12.8 Å². The van der Waals surface area contributed by atoms with Gasteiger partial charge in [0.15, 0.2) is 5.69 Å². The van der Waals surface area contributed by atoms with Crippen molar-refractivity contribution in [3.63, 3.8) is 0 Å². The van der Waals surface area contributed by atoms with Crippen molar-refractivity contribution in [3.05, 3.63) is 36.4 Å². The summed E-state index contributed by atoms with van der Waals surface area (Å²) in [7, 11) is -3.88. The van der Waals surface area contributed by atoms with Crippen LogP contribution in [-0.2, 0) is 16.6 Å². The molecule has 0 unspecified atom stereocenters. The van der Waals surface area contributed by atoms with Crippen molar-refractivity contribution >= 4 is 15.9 Å². The molecule has 9 nitrogen and oxygen atoms in total. The standard InChI is InChI=1S/C16H21FN6O3S/c1-11(2)19-16(24)15-10-22(21-20-15)9-13-6-12(17)8-23(13)27(25,26)14-4-3-5-18-7-14/h3-5,7,10-13H,6,8-9H2,1-2H3,(H,19,24)/t12-,13-/m0/s1. The molecule has 1 aliphatic heterocycles. The van der Waals surface area contributed by atoms with E-state index in [-0.39, 0.29) is 42.0 Å². The molecule has 0 spiro atoms. The summed E-state index contributed by atoms with van der Waals surface area (Å²) >= 11 is 0. The normalized spacial score (nSPS) is 20.9. The highest BCUT2D eigenvalue weighted by molar-refractivity contribution is 7.89. The third-order valence-electron chi connectivity index (χ3n) is 4.14. The lowest BCUT2D eigenvalue weighted by Crippen LogP contribution is -2.38. The van der Waals surface area contributed by atoms with E-state index in [2.05, 4.69) is 20.6 Å². The van der Waals surface area contributed by atoms with Crippen LogP contribution in [0.15, 0.2) is 35.6 Å². The van der Waals surface area contributed by atoms with Crippen LogP contribution in [0, 0.1) is 0 Å². The highest BCUT2D eigenvalue weighted by atomic mass is 32.2. The van der Waals surface area contributed by atoms with Crippen LogP contribution in [0.1, 0.15) is 30.8 Å². The van der Waals surface area contributed by atoms with Gasteiger partial charge in [-0.1, -0.05) is 5.21 Å². The molecule has 0 aromatic carbocycles. The van der Waals surface area contributed by atoms with E-state index in [1.54, 1.807) is 0 Å². The molecule has 1 N–H and O–H groups in total. The maximum atomic E-state index is 14.0. The quantitative estimate of drug-likeness (QED) is 0.766. The molecule has 1 amide bonds. The van der Waals surface area contributed by atoms with E-state index in [0.29, 0.717) is 0 Å². The number of sulfonamides is 1. The molecule has 0 radical (unpaired) electrons. The number of aromatic nitrogens is 4. The predicted molar refractivity (Wildman–Crippen MR) is 94.1 cm³/mol. The highest BCUT2D eigenvalue weighted by Gasteiger charge is 2.41. The lowest BCUT2D eigenvalue weighted by Gasteiger charge is -2.23. The first kappa shape index (κ1) is 19.4. The van der Waals surface area contributed by atoms with E-state index in [1.165, 1.54) is 35.4 Å². The van der Waals surface area contributed by atoms with Gasteiger partial charge in [0.05, 0.1) is 12.7 Å². The fourth-order valence-electron chi connectivity index (χ4n) is 2.97. The number of amides is 1. The van der Waals surface area contributed by atoms with Gasteiger partial charge < -0.3 is 5.32 Å². The Hall–Kier alpha value is -2.40. The van der Waals surface area contributed by atoms with Crippen molar-refractivity contribution in [1.29, 1.82) is 0 Å². The number of hydrogen-bond donors (Lipinski definition) is 1. The summed E-state index contributed by atoms with van der Waals surface area (Å²) < 4.78 is 42.2. The molecule has 2 atom stereocenters. The van der Waals surface area contributed by atoms with Crippen LogP contribution >= 0.6 is 0 Å². The molecule has 0 bridgehead atoms. The molecule has 2 aromatic rings. The minimum atomic E-state index is -3.88. The van der Waals surface area contributed by atoms with Gasteiger partial charge in [0, 0.05) is 31.0 Å². The molecule has 146 valence electrons. The molecule has 2 aromatic heterocycles. The fourth-order valence-corrected chi connectivity index (χ4v) is 4.59. The van der Waals surface area contributed by atoms with Crippen molar-refractivity contribution in [1.82, 2.24) is 29.6 Å². The van der Waals surface area contributed by atoms with Crippen LogP contribution < -0.4 is 5.32 Å². The zero-order chi connectivity index (χ0) is 19.6. The number of nitrogens with zero attached hydrogens (tertiary/aromatic N) is 5. The molecule has 1 saturated heterocycles. The van der Waals surface area contributed by atoms with Crippen LogP contribution in [0.25, 0.3) is 0 Å². The number of halogens is 1. The summed E-state index contributed by atoms with van der Waals surface area (Å²) in [6, 6.07) is 2.26. The summed E-state index contributed by atoms with van der Waals surface area (Å²) in [6.07, 6.45) is 2.92. The van der Waals surface area contributed by atoms with E-state index in [9.17, 15) is 17.6 Å². The first-order valence-electron chi connectivity index (χ1n) is 8.54. The van der Waals surface area contributed by atoms with E-state index in [0.717, 1.165) is 4.31 Å². The average Bonchev–Trinajstić information content (AvgIpc) is 3.22. The number of rotatable bonds is 6. The second kappa shape index (κ2) is 7.69. The third-order valence-corrected chi connectivity index (χ3v) is 6.04. The number of carbonyl (C=O) groups is 1. The topological polar surface area (TPSA) is 110 Å². The van der Waals surface area contributed by atoms with E-state index < -0.39 is 22.2 Å². The van der Waals surface area contributed by atoms with Gasteiger partial charge in [-0.05, 0) is 32.4 Å². The summed E-state index contributed by atoms with van der Waals surface area (Å²) in [5.41, 5.74) is 0.125. The second-order valence-electron chi connectivity index (χ2n) is 6.70. The average molecular weight is 396 g/mol. The first-order valence-corrected chi connectivity index (χ1v) is 9.98. The van der Waals surface area contributed by atoms with Crippen LogP contribution in [-0.4, -0.2) is 63.4 Å². The predicted octanol–water partition coefficient (Wildman–Crippen LogP) is 0.613. The number of alkyl halides is 1. The Morgan fingerprint density at radius 3 is 2.89 bits per heavy atom. The van der Waals surface area contributed by atoms with Gasteiger partial charge in [0.2, 0.25) is 10.0 Å². The highest BCUT2D eigenvalue weighted by Crippen LogP contribution is 2.28. The first-order chi connectivity index (χ1) is 12.8. The molecule has 1 aliphatic rings. The number of hydrogen-bond acceptors (Lipinski definition) is 6. The molecular formula is C16H21FN6O3S. The lowest BCUT2D eigenvalue weighted by molar-refractivity contribution is 0.0938. The number of nitrogens with one attached hydrogen (secondary N) is 1. The monoisotopic (exact) mass is 396 g/mol. The molecule has 27 heavy (non-hydrogen) atoms. The second-order valence-corrected chi connectivity index (χ2v) is 8.59. The molecule has 0 saturated carbocycles. The van der Waals surface area contributed by atoms with Crippen molar-refractivity contribution < 1.29 is 17.6 Å². The molecule has 0 aliphatic carbocycles. The maximum absolute atomic E-state index is 14.0. The minimum Gasteiger partial charge on any atom is -0.348 e. The van der Waals surface area contributed by atoms with E-state index in [1.807, 2.05) is 13.8 Å². The Bertz CT molecular complexity index is 902. The third kappa shape index (κ3) is 4.30. The molecular weight excluding hydrogens is 375 g/mol. The summed E-state index contributed by atoms with van der Waals surface area (Å²) in [5, 5.41) is 10.4. The van der Waals surface area contributed by atoms with E-state index in [4.69, 9.17) is 0 Å². The van der Waals surface area contributed by atoms with Crippen molar-refractivity contribution in [3.8, 4) is 0 Å². The van der Waals surface area contributed by atoms with Crippen LogP contribution in [0.4, 0.5) is 4.39 Å². The lowest BCUT2D eigenvalue weighted by atomic mass is 10.2. The van der Waals surface area contributed by atoms with Gasteiger partial charge >= 0.3 is 0 Å². The summed E-state index contributed by atoms with van der Waals surface area (Å²) in [6.45, 7) is 3.52. The SMILES string of the molecule is CC(C)NC(=O)c1cn(C[C@@H]2C[C@H](F)CN2S(=O)(=O)c2cccnc2)nn1. The number of pyridine rings is 1. The molecule has 11 heteroatoms. The van der Waals surface area contributed by atoms with Gasteiger partial charge in [-0.15, -0.1) is 5.10 Å². The van der Waals surface area contributed by atoms with Crippen LogP contribution in [0.5, 0.6) is 0 Å². The Morgan fingerprint density at radius 1 is 1.44 bits per heavy atom. The van der Waals surface area contributed by atoms with Crippen molar-refractivity contribution in [2.75, 3.05) is 6.54 Å². The van der Waals surface area contributed by atoms with Crippen molar-refractivity contribution in [2.24, 2.45) is 0 Å². The summed E-state index contributed by atoms with van der Waals surface area (Å²) in [4.78, 5) is 15.8. The molecule has 3 heterocycles. The Labute approximate surface area is 156 Å². The largest absolute Gasteiger partial charge is 0.348 e. The number of carbonyl (C=O) groups excluding carboxylic acids is 1. The molecule has 1 fully saturated rings. The Morgan fingerprint density at radius 2 is 2.22 bits per heavy atom. The summed E-state index contributed by atoms with van der Waals surface area (Å²) in [5.74, 6) is -0.370. The molecule has 3 rings (SSSR count). The fraction of sp³-hybridized carbons (Fsp3) is 0.500. The van der Waals surface area contributed by atoms with Gasteiger partial charge in [-0.3, -0.25) is 14.5 Å². The van der Waals surface area contributed by atoms with Gasteiger partial charge in [0.1, 0.15) is 11.1 Å². The Balaban J connectivity index is 1.78. The Kier molecular flexibility index (Phi) is 5.51. The van der Waals surface area contributed by atoms with Gasteiger partial charge in [0.25, 0.3) is 5.91 Å². The van der Waals surface area contributed by atoms with Gasteiger partial charge in [-0.2, -0.15) is 4.31 Å². The van der Waals surface area contributed by atoms with Crippen LogP contribution in [0.2, 0.25) is 0 Å². The van der Waals surface area contributed by atoms with Crippen LogP contribution in [0.3, 0.4) is 0 Å². The zero-order valence-corrected chi connectivity index (χ0v) is 15.8. The van der Waals surface area contributed by atoms with E-state index >= 15 is 0 Å². The van der Waals surface area contributed by atoms with Crippen molar-refractivity contribution in [2.45, 2.75) is 50.0 Å².